The number of hydrogen-bond donors (Lipinski definition) is 2. The lowest BCUT2D eigenvalue weighted by Crippen LogP contribution is -2.56. The summed E-state index contributed by atoms with van der Waals surface area (Å²) in [5.41, 5.74) is 1.93. The first-order chi connectivity index (χ1) is 16.5. The standard InChI is InChI=1S/C27H34N2O5/c1-20(27(33)34-19-22-13-7-3-8-14-22)29-18-10-4-9-15-23(25(29)30)28-24(26(31)32)17-16-21-11-5-2-6-12-21/h2-3,5-8,11-14,20,23-24,28H,4,9-10,15-19H2,1H3,(H,31,32). The summed E-state index contributed by atoms with van der Waals surface area (Å²) in [4.78, 5) is 39.6. The zero-order valence-electron chi connectivity index (χ0n) is 19.7. The van der Waals surface area contributed by atoms with Crippen molar-refractivity contribution in [1.29, 1.82) is 0 Å². The SMILES string of the molecule is CC(C(=O)OCc1ccccc1)N1CCCCCC(NC(CCc2ccccc2)C(=O)O)C1=O. The summed E-state index contributed by atoms with van der Waals surface area (Å²) in [6.07, 6.45) is 4.04. The Labute approximate surface area is 201 Å². The van der Waals surface area contributed by atoms with Crippen LogP contribution in [-0.4, -0.2) is 52.5 Å². The molecule has 1 aliphatic heterocycles. The van der Waals surface area contributed by atoms with E-state index < -0.39 is 30.1 Å². The molecule has 3 unspecified atom stereocenters. The number of carbonyl (C=O) groups is 3. The van der Waals surface area contributed by atoms with Crippen LogP contribution in [0, 0.1) is 0 Å². The third-order valence-electron chi connectivity index (χ3n) is 6.27. The maximum absolute atomic E-state index is 13.4. The largest absolute Gasteiger partial charge is 0.480 e. The number of ether oxygens (including phenoxy) is 1. The molecule has 1 heterocycles. The van der Waals surface area contributed by atoms with Crippen LogP contribution in [0.2, 0.25) is 0 Å². The average molecular weight is 467 g/mol. The second kappa shape index (κ2) is 12.9. The molecule has 2 aromatic rings. The number of rotatable bonds is 10. The normalized spacial score (nSPS) is 18.4. The fourth-order valence-corrected chi connectivity index (χ4v) is 4.23. The number of carboxylic acids is 1. The summed E-state index contributed by atoms with van der Waals surface area (Å²) in [5.74, 6) is -1.68. The minimum Gasteiger partial charge on any atom is -0.480 e. The molecule has 3 atom stereocenters. The number of esters is 1. The van der Waals surface area contributed by atoms with Crippen LogP contribution in [0.4, 0.5) is 0 Å². The molecule has 0 spiro atoms. The summed E-state index contributed by atoms with van der Waals surface area (Å²) >= 11 is 0. The van der Waals surface area contributed by atoms with Crippen LogP contribution >= 0.6 is 0 Å². The maximum atomic E-state index is 13.4. The first-order valence-corrected chi connectivity index (χ1v) is 12.0. The number of carboxylic acid groups (broad SMARTS) is 1. The van der Waals surface area contributed by atoms with Crippen molar-refractivity contribution in [3.63, 3.8) is 0 Å². The van der Waals surface area contributed by atoms with E-state index in [1.54, 1.807) is 11.8 Å². The molecule has 1 aliphatic rings. The van der Waals surface area contributed by atoms with E-state index in [1.165, 1.54) is 0 Å². The van der Waals surface area contributed by atoms with Crippen molar-refractivity contribution in [2.75, 3.05) is 6.54 Å². The zero-order chi connectivity index (χ0) is 24.3. The van der Waals surface area contributed by atoms with Crippen molar-refractivity contribution in [2.24, 2.45) is 0 Å². The van der Waals surface area contributed by atoms with Gasteiger partial charge in [0.15, 0.2) is 0 Å². The highest BCUT2D eigenvalue weighted by Gasteiger charge is 2.34. The molecule has 3 rings (SSSR count). The highest BCUT2D eigenvalue weighted by atomic mass is 16.5. The van der Waals surface area contributed by atoms with Gasteiger partial charge in [-0.1, -0.05) is 73.5 Å². The van der Waals surface area contributed by atoms with Crippen LogP contribution in [-0.2, 0) is 32.1 Å². The van der Waals surface area contributed by atoms with E-state index in [0.717, 1.165) is 30.4 Å². The molecule has 2 N–H and O–H groups in total. The molecule has 0 radical (unpaired) electrons. The van der Waals surface area contributed by atoms with Gasteiger partial charge in [0.05, 0.1) is 6.04 Å². The van der Waals surface area contributed by atoms with E-state index in [4.69, 9.17) is 4.74 Å². The lowest BCUT2D eigenvalue weighted by molar-refractivity contribution is -0.157. The monoisotopic (exact) mass is 466 g/mol. The van der Waals surface area contributed by atoms with E-state index in [2.05, 4.69) is 5.32 Å². The number of likely N-dealkylation sites (tertiary alicyclic amines) is 1. The van der Waals surface area contributed by atoms with Gasteiger partial charge in [0.2, 0.25) is 5.91 Å². The average Bonchev–Trinajstić information content (AvgIpc) is 2.85. The van der Waals surface area contributed by atoms with E-state index in [9.17, 15) is 19.5 Å². The molecular formula is C27H34N2O5. The third kappa shape index (κ3) is 7.42. The predicted molar refractivity (Wildman–Crippen MR) is 129 cm³/mol. The summed E-state index contributed by atoms with van der Waals surface area (Å²) in [5, 5.41) is 12.9. The summed E-state index contributed by atoms with van der Waals surface area (Å²) in [7, 11) is 0. The van der Waals surface area contributed by atoms with Gasteiger partial charge in [0, 0.05) is 6.54 Å². The summed E-state index contributed by atoms with van der Waals surface area (Å²) in [6, 6.07) is 16.8. The summed E-state index contributed by atoms with van der Waals surface area (Å²) < 4.78 is 5.46. The van der Waals surface area contributed by atoms with Crippen LogP contribution in [0.3, 0.4) is 0 Å². The Hall–Kier alpha value is -3.19. The second-order valence-electron chi connectivity index (χ2n) is 8.78. The molecule has 34 heavy (non-hydrogen) atoms. The number of aliphatic carboxylic acids is 1. The minimum atomic E-state index is -0.979. The summed E-state index contributed by atoms with van der Waals surface area (Å²) in [6.45, 7) is 2.27. The van der Waals surface area contributed by atoms with Crippen molar-refractivity contribution in [3.8, 4) is 0 Å². The minimum absolute atomic E-state index is 0.147. The molecule has 1 fully saturated rings. The van der Waals surface area contributed by atoms with Crippen LogP contribution in [0.15, 0.2) is 60.7 Å². The van der Waals surface area contributed by atoms with Crippen molar-refractivity contribution in [1.82, 2.24) is 10.2 Å². The maximum Gasteiger partial charge on any atom is 0.328 e. The van der Waals surface area contributed by atoms with Crippen LogP contribution in [0.1, 0.15) is 50.2 Å². The smallest absolute Gasteiger partial charge is 0.328 e. The van der Waals surface area contributed by atoms with Crippen molar-refractivity contribution in [2.45, 2.75) is 70.2 Å². The molecule has 0 aromatic heterocycles. The molecule has 1 amide bonds. The number of aryl methyl sites for hydroxylation is 1. The van der Waals surface area contributed by atoms with Crippen molar-refractivity contribution >= 4 is 17.8 Å². The van der Waals surface area contributed by atoms with Gasteiger partial charge >= 0.3 is 11.9 Å². The van der Waals surface area contributed by atoms with E-state index >= 15 is 0 Å². The van der Waals surface area contributed by atoms with Crippen molar-refractivity contribution in [3.05, 3.63) is 71.8 Å². The van der Waals surface area contributed by atoms with Crippen LogP contribution in [0.5, 0.6) is 0 Å². The predicted octanol–water partition coefficient (Wildman–Crippen LogP) is 3.57. The third-order valence-corrected chi connectivity index (χ3v) is 6.27. The lowest BCUT2D eigenvalue weighted by atomic mass is 9.99. The zero-order valence-corrected chi connectivity index (χ0v) is 19.7. The number of amides is 1. The van der Waals surface area contributed by atoms with Gasteiger partial charge in [-0.2, -0.15) is 0 Å². The quantitative estimate of drug-likeness (QED) is 0.520. The second-order valence-corrected chi connectivity index (χ2v) is 8.78. The van der Waals surface area contributed by atoms with Gasteiger partial charge in [-0.05, 0) is 43.7 Å². The molecule has 7 heteroatoms. The van der Waals surface area contributed by atoms with Gasteiger partial charge in [-0.3, -0.25) is 14.9 Å². The molecule has 7 nitrogen and oxygen atoms in total. The van der Waals surface area contributed by atoms with Gasteiger partial charge in [0.25, 0.3) is 0 Å². The van der Waals surface area contributed by atoms with E-state index in [1.807, 2.05) is 60.7 Å². The molecule has 0 aliphatic carbocycles. The van der Waals surface area contributed by atoms with E-state index in [-0.39, 0.29) is 12.5 Å². The fraction of sp³-hybridized carbons (Fsp3) is 0.444. The van der Waals surface area contributed by atoms with Gasteiger partial charge < -0.3 is 14.7 Å². The number of benzene rings is 2. The topological polar surface area (TPSA) is 95.9 Å². The van der Waals surface area contributed by atoms with Crippen LogP contribution < -0.4 is 5.32 Å². The Balaban J connectivity index is 1.63. The molecule has 2 aromatic carbocycles. The number of hydrogen-bond acceptors (Lipinski definition) is 5. The number of nitrogens with one attached hydrogen (secondary N) is 1. The van der Waals surface area contributed by atoms with Crippen LogP contribution in [0.25, 0.3) is 0 Å². The molecule has 1 saturated heterocycles. The van der Waals surface area contributed by atoms with Gasteiger partial charge in [0.1, 0.15) is 18.7 Å². The fourth-order valence-electron chi connectivity index (χ4n) is 4.23. The molecule has 182 valence electrons. The van der Waals surface area contributed by atoms with E-state index in [0.29, 0.717) is 25.8 Å². The Morgan fingerprint density at radius 1 is 1.03 bits per heavy atom. The number of nitrogens with zero attached hydrogens (tertiary/aromatic N) is 1. The van der Waals surface area contributed by atoms with Gasteiger partial charge in [-0.15, -0.1) is 0 Å². The Morgan fingerprint density at radius 3 is 2.32 bits per heavy atom. The Kier molecular flexibility index (Phi) is 9.64. The Morgan fingerprint density at radius 2 is 1.68 bits per heavy atom. The Bertz CT molecular complexity index is 935. The molecule has 0 saturated carbocycles. The highest BCUT2D eigenvalue weighted by Crippen LogP contribution is 2.18. The molecule has 0 bridgehead atoms. The van der Waals surface area contributed by atoms with Gasteiger partial charge in [-0.25, -0.2) is 4.79 Å². The highest BCUT2D eigenvalue weighted by molar-refractivity contribution is 5.88. The van der Waals surface area contributed by atoms with Crippen molar-refractivity contribution < 1.29 is 24.2 Å². The molecular weight excluding hydrogens is 432 g/mol. The first kappa shape index (κ1) is 25.4. The lowest BCUT2D eigenvalue weighted by Gasteiger charge is -2.34. The first-order valence-electron chi connectivity index (χ1n) is 12.0. The number of carbonyl (C=O) groups excluding carboxylic acids is 2.